The van der Waals surface area contributed by atoms with Crippen molar-refractivity contribution < 1.29 is 19.6 Å². The highest BCUT2D eigenvalue weighted by Crippen LogP contribution is 2.25. The molecular weight excluding hydrogens is 448 g/mol. The molecule has 13 heteroatoms. The van der Waals surface area contributed by atoms with Gasteiger partial charge in [0, 0.05) is 11.6 Å². The highest BCUT2D eigenvalue weighted by Gasteiger charge is 2.17. The largest absolute Gasteiger partial charge is 0.508 e. The first-order valence-corrected chi connectivity index (χ1v) is 9.70. The molecule has 0 unspecified atom stereocenters. The first-order chi connectivity index (χ1) is 14.8. The lowest BCUT2D eigenvalue weighted by molar-refractivity contribution is -0.384. The van der Waals surface area contributed by atoms with Crippen molar-refractivity contribution in [1.82, 2.24) is 15.6 Å². The molecule has 0 aliphatic heterocycles. The number of hydrazone groups is 1. The number of carbonyl (C=O) groups is 2. The van der Waals surface area contributed by atoms with Crippen LogP contribution in [0.3, 0.4) is 0 Å². The lowest BCUT2D eigenvalue weighted by atomic mass is 10.2. The smallest absolute Gasteiger partial charge is 0.287 e. The molecule has 31 heavy (non-hydrogen) atoms. The average Bonchev–Trinajstić information content (AvgIpc) is 3.15. The van der Waals surface area contributed by atoms with Crippen molar-refractivity contribution in [2.24, 2.45) is 5.10 Å². The maximum Gasteiger partial charge on any atom is 0.287 e. The number of phenolic OH excluding ortho intramolecular Hbond substituents is 1. The number of amides is 2. The molecular formula is C18H13ClN6O5S. The predicted molar refractivity (Wildman–Crippen MR) is 114 cm³/mol. The van der Waals surface area contributed by atoms with E-state index in [2.05, 4.69) is 26.0 Å². The third-order valence-corrected chi connectivity index (χ3v) is 4.84. The van der Waals surface area contributed by atoms with Crippen molar-refractivity contribution >= 4 is 51.8 Å². The van der Waals surface area contributed by atoms with E-state index in [1.807, 2.05) is 0 Å². The van der Waals surface area contributed by atoms with Crippen LogP contribution < -0.4 is 10.7 Å². The molecule has 0 saturated heterocycles. The number of nitrogens with one attached hydrogen (secondary N) is 2. The van der Waals surface area contributed by atoms with E-state index in [1.54, 1.807) is 12.1 Å². The van der Waals surface area contributed by atoms with E-state index in [0.29, 0.717) is 10.6 Å². The molecule has 0 fully saturated rings. The molecule has 0 spiro atoms. The number of benzene rings is 2. The molecule has 0 aliphatic rings. The first-order valence-electron chi connectivity index (χ1n) is 8.50. The molecule has 0 radical (unpaired) electrons. The first kappa shape index (κ1) is 21.8. The molecule has 3 N–H and O–H groups in total. The summed E-state index contributed by atoms with van der Waals surface area (Å²) in [4.78, 5) is 34.3. The number of halogens is 1. The van der Waals surface area contributed by atoms with Crippen LogP contribution in [0, 0.1) is 10.1 Å². The Morgan fingerprint density at radius 3 is 2.65 bits per heavy atom. The van der Waals surface area contributed by atoms with Crippen molar-refractivity contribution in [2.75, 3.05) is 5.32 Å². The number of aromatic nitrogens is 2. The van der Waals surface area contributed by atoms with E-state index in [1.165, 1.54) is 30.5 Å². The number of nitro groups is 1. The fraction of sp³-hybridized carbons (Fsp3) is 0.0556. The molecule has 0 aliphatic carbocycles. The molecule has 0 bridgehead atoms. The Morgan fingerprint density at radius 1 is 1.23 bits per heavy atom. The fourth-order valence-electron chi connectivity index (χ4n) is 2.26. The summed E-state index contributed by atoms with van der Waals surface area (Å²) in [6, 6.07) is 9.81. The summed E-state index contributed by atoms with van der Waals surface area (Å²) in [6.45, 7) is 0. The standard InChI is InChI=1S/C18H13ClN6O5S/c19-13-7-11(3-6-14(13)25(29)30)17(28)21-18-24-23-16(31-18)8-15(27)22-20-9-10-1-4-12(26)5-2-10/h1-7,9,26H,8H2,(H,22,27)(H,21,24,28)/b20-9-. The molecule has 1 aromatic heterocycles. The maximum atomic E-state index is 12.3. The van der Waals surface area contributed by atoms with Crippen LogP contribution >= 0.6 is 22.9 Å². The van der Waals surface area contributed by atoms with Crippen molar-refractivity contribution in [3.05, 3.63) is 73.7 Å². The van der Waals surface area contributed by atoms with Crippen LogP contribution in [0.2, 0.25) is 5.02 Å². The molecule has 3 rings (SSSR count). The predicted octanol–water partition coefficient (Wildman–Crippen LogP) is 2.75. The number of carbonyl (C=O) groups excluding carboxylic acids is 2. The Bertz CT molecular complexity index is 1160. The van der Waals surface area contributed by atoms with Gasteiger partial charge in [-0.05, 0) is 42.0 Å². The van der Waals surface area contributed by atoms with Gasteiger partial charge in [-0.1, -0.05) is 22.9 Å². The van der Waals surface area contributed by atoms with E-state index >= 15 is 0 Å². The number of rotatable bonds is 7. The summed E-state index contributed by atoms with van der Waals surface area (Å²) in [5, 5.41) is 34.3. The van der Waals surface area contributed by atoms with Crippen LogP contribution in [0.5, 0.6) is 5.75 Å². The Hall–Kier alpha value is -3.90. The zero-order valence-electron chi connectivity index (χ0n) is 15.5. The summed E-state index contributed by atoms with van der Waals surface area (Å²) < 4.78 is 0. The minimum absolute atomic E-state index is 0.105. The Morgan fingerprint density at radius 2 is 1.97 bits per heavy atom. The second-order valence-electron chi connectivity index (χ2n) is 5.94. The number of hydrogen-bond donors (Lipinski definition) is 3. The van der Waals surface area contributed by atoms with Crippen LogP contribution in [0.15, 0.2) is 47.6 Å². The van der Waals surface area contributed by atoms with E-state index < -0.39 is 16.7 Å². The molecule has 11 nitrogen and oxygen atoms in total. The monoisotopic (exact) mass is 460 g/mol. The van der Waals surface area contributed by atoms with Crippen LogP contribution in [0.25, 0.3) is 0 Å². The third kappa shape index (κ3) is 6.04. The second-order valence-corrected chi connectivity index (χ2v) is 7.41. The number of nitro benzene ring substituents is 1. The van der Waals surface area contributed by atoms with Crippen molar-refractivity contribution in [2.45, 2.75) is 6.42 Å². The number of aromatic hydroxyl groups is 1. The van der Waals surface area contributed by atoms with Gasteiger partial charge in [0.2, 0.25) is 11.0 Å². The highest BCUT2D eigenvalue weighted by molar-refractivity contribution is 7.15. The lowest BCUT2D eigenvalue weighted by Crippen LogP contribution is -2.19. The average molecular weight is 461 g/mol. The Balaban J connectivity index is 1.54. The SMILES string of the molecule is O=C(Cc1nnc(NC(=O)c2ccc([N+](=O)[O-])c(Cl)c2)s1)N/N=C\c1ccc(O)cc1. The Labute approximate surface area is 183 Å². The van der Waals surface area contributed by atoms with Crippen molar-refractivity contribution in [3.8, 4) is 5.75 Å². The quantitative estimate of drug-likeness (QED) is 0.277. The van der Waals surface area contributed by atoms with Gasteiger partial charge < -0.3 is 5.11 Å². The lowest BCUT2D eigenvalue weighted by Gasteiger charge is -2.02. The zero-order chi connectivity index (χ0) is 22.4. The number of hydrogen-bond acceptors (Lipinski definition) is 9. The molecule has 3 aromatic rings. The summed E-state index contributed by atoms with van der Waals surface area (Å²) in [5.74, 6) is -0.898. The Kier molecular flexibility index (Phi) is 6.85. The van der Waals surface area contributed by atoms with E-state index in [4.69, 9.17) is 11.6 Å². The highest BCUT2D eigenvalue weighted by atomic mass is 35.5. The summed E-state index contributed by atoms with van der Waals surface area (Å²) in [5.41, 5.74) is 2.82. The minimum atomic E-state index is -0.652. The van der Waals surface area contributed by atoms with Crippen LogP contribution in [-0.4, -0.2) is 38.3 Å². The van der Waals surface area contributed by atoms with Gasteiger partial charge in [-0.3, -0.25) is 25.0 Å². The maximum absolute atomic E-state index is 12.3. The number of anilines is 1. The zero-order valence-corrected chi connectivity index (χ0v) is 17.1. The molecule has 2 aromatic carbocycles. The van der Waals surface area contributed by atoms with Crippen LogP contribution in [0.1, 0.15) is 20.9 Å². The van der Waals surface area contributed by atoms with E-state index in [0.717, 1.165) is 17.4 Å². The van der Waals surface area contributed by atoms with E-state index in [9.17, 15) is 24.8 Å². The minimum Gasteiger partial charge on any atom is -0.508 e. The van der Waals surface area contributed by atoms with Gasteiger partial charge in [0.25, 0.3) is 11.6 Å². The summed E-state index contributed by atoms with van der Waals surface area (Å²) in [7, 11) is 0. The van der Waals surface area contributed by atoms with Gasteiger partial charge in [0.05, 0.1) is 17.6 Å². The van der Waals surface area contributed by atoms with Gasteiger partial charge in [-0.15, -0.1) is 10.2 Å². The topological polar surface area (TPSA) is 160 Å². The van der Waals surface area contributed by atoms with Crippen molar-refractivity contribution in [3.63, 3.8) is 0 Å². The van der Waals surface area contributed by atoms with Gasteiger partial charge >= 0.3 is 0 Å². The molecule has 0 atom stereocenters. The fourth-order valence-corrected chi connectivity index (χ4v) is 3.24. The summed E-state index contributed by atoms with van der Waals surface area (Å²) >= 11 is 6.80. The normalized spacial score (nSPS) is 10.7. The number of phenols is 1. The third-order valence-electron chi connectivity index (χ3n) is 3.70. The van der Waals surface area contributed by atoms with Crippen LogP contribution in [0.4, 0.5) is 10.8 Å². The van der Waals surface area contributed by atoms with Gasteiger partial charge in [-0.2, -0.15) is 5.10 Å². The summed E-state index contributed by atoms with van der Waals surface area (Å²) in [6.07, 6.45) is 1.31. The molecule has 2 amide bonds. The number of nitrogens with zero attached hydrogens (tertiary/aromatic N) is 4. The van der Waals surface area contributed by atoms with E-state index in [-0.39, 0.29) is 33.6 Å². The van der Waals surface area contributed by atoms with Gasteiger partial charge in [0.1, 0.15) is 15.8 Å². The molecule has 158 valence electrons. The molecule has 1 heterocycles. The molecule has 0 saturated carbocycles. The second kappa shape index (κ2) is 9.73. The van der Waals surface area contributed by atoms with Gasteiger partial charge in [0.15, 0.2) is 0 Å². The van der Waals surface area contributed by atoms with Gasteiger partial charge in [-0.25, -0.2) is 5.43 Å². The van der Waals surface area contributed by atoms with Crippen LogP contribution in [-0.2, 0) is 11.2 Å². The van der Waals surface area contributed by atoms with Crippen molar-refractivity contribution in [1.29, 1.82) is 0 Å².